The molecule has 0 saturated carbocycles. The summed E-state index contributed by atoms with van der Waals surface area (Å²) in [6, 6.07) is 4.14. The van der Waals surface area contributed by atoms with Crippen molar-refractivity contribution in [3.05, 3.63) is 29.8 Å². The van der Waals surface area contributed by atoms with E-state index in [1.54, 1.807) is 0 Å². The first-order valence-corrected chi connectivity index (χ1v) is 7.56. The van der Waals surface area contributed by atoms with E-state index in [9.17, 15) is 18.0 Å². The maximum atomic E-state index is 12.9. The van der Waals surface area contributed by atoms with Gasteiger partial charge in [-0.25, -0.2) is 4.79 Å². The standard InChI is InChI=1S/C16H23F3N2O2/c1-11(2)9-12(7-8-22)10-20-15(23)21-14-6-4-3-5-13(14)16(17,18)19/h3-6,11-12,22H,7-10H2,1-2H3,(H2,20,21,23). The number of urea groups is 1. The van der Waals surface area contributed by atoms with Crippen molar-refractivity contribution in [1.29, 1.82) is 0 Å². The second-order valence-electron chi connectivity index (χ2n) is 5.89. The van der Waals surface area contributed by atoms with E-state index in [1.807, 2.05) is 13.8 Å². The van der Waals surface area contributed by atoms with E-state index in [2.05, 4.69) is 10.6 Å². The first kappa shape index (κ1) is 19.3. The summed E-state index contributed by atoms with van der Waals surface area (Å²) in [4.78, 5) is 11.8. The Kier molecular flexibility index (Phi) is 7.35. The van der Waals surface area contributed by atoms with Crippen LogP contribution in [0.1, 0.15) is 32.3 Å². The van der Waals surface area contributed by atoms with Crippen molar-refractivity contribution < 1.29 is 23.1 Å². The minimum absolute atomic E-state index is 0.0115. The van der Waals surface area contributed by atoms with Gasteiger partial charge in [-0.05, 0) is 36.8 Å². The summed E-state index contributed by atoms with van der Waals surface area (Å²) in [5.41, 5.74) is -1.16. The van der Waals surface area contributed by atoms with Crippen LogP contribution in [-0.4, -0.2) is 24.3 Å². The maximum Gasteiger partial charge on any atom is 0.418 e. The van der Waals surface area contributed by atoms with Gasteiger partial charge >= 0.3 is 12.2 Å². The number of carbonyl (C=O) groups excluding carboxylic acids is 1. The van der Waals surface area contributed by atoms with Gasteiger partial charge in [-0.3, -0.25) is 0 Å². The van der Waals surface area contributed by atoms with Gasteiger partial charge in [0.05, 0.1) is 11.3 Å². The maximum absolute atomic E-state index is 12.9. The van der Waals surface area contributed by atoms with Gasteiger partial charge in [0.15, 0.2) is 0 Å². The van der Waals surface area contributed by atoms with E-state index in [4.69, 9.17) is 5.11 Å². The normalized spacial score (nSPS) is 13.0. The molecule has 1 unspecified atom stereocenters. The minimum atomic E-state index is -4.53. The lowest BCUT2D eigenvalue weighted by Gasteiger charge is -2.19. The quantitative estimate of drug-likeness (QED) is 0.710. The molecule has 1 aromatic rings. The fourth-order valence-corrected chi connectivity index (χ4v) is 2.40. The van der Waals surface area contributed by atoms with E-state index >= 15 is 0 Å². The third-order valence-corrected chi connectivity index (χ3v) is 3.37. The molecule has 0 radical (unpaired) electrons. The highest BCUT2D eigenvalue weighted by Crippen LogP contribution is 2.34. The van der Waals surface area contributed by atoms with Gasteiger partial charge in [0, 0.05) is 13.2 Å². The molecule has 2 amide bonds. The summed E-state index contributed by atoms with van der Waals surface area (Å²) in [6.45, 7) is 4.38. The Morgan fingerprint density at radius 1 is 1.26 bits per heavy atom. The van der Waals surface area contributed by atoms with Crippen LogP contribution < -0.4 is 10.6 Å². The summed E-state index contributed by atoms with van der Waals surface area (Å²) in [5, 5.41) is 13.8. The van der Waals surface area contributed by atoms with Crippen molar-refractivity contribution in [1.82, 2.24) is 5.32 Å². The van der Waals surface area contributed by atoms with E-state index < -0.39 is 17.8 Å². The third-order valence-electron chi connectivity index (χ3n) is 3.37. The molecule has 0 aromatic heterocycles. The van der Waals surface area contributed by atoms with Crippen molar-refractivity contribution in [3.63, 3.8) is 0 Å². The first-order valence-electron chi connectivity index (χ1n) is 7.56. The number of para-hydroxylation sites is 1. The highest BCUT2D eigenvalue weighted by atomic mass is 19.4. The monoisotopic (exact) mass is 332 g/mol. The average Bonchev–Trinajstić information content (AvgIpc) is 2.44. The second kappa shape index (κ2) is 8.76. The number of hydrogen-bond donors (Lipinski definition) is 3. The fraction of sp³-hybridized carbons (Fsp3) is 0.562. The van der Waals surface area contributed by atoms with Crippen molar-refractivity contribution in [3.8, 4) is 0 Å². The van der Waals surface area contributed by atoms with Crippen LogP contribution in [-0.2, 0) is 6.18 Å². The molecule has 130 valence electrons. The summed E-state index contributed by atoms with van der Waals surface area (Å²) in [6.07, 6.45) is -3.17. The van der Waals surface area contributed by atoms with Crippen LogP contribution in [0.3, 0.4) is 0 Å². The van der Waals surface area contributed by atoms with Crippen LogP contribution in [0.4, 0.5) is 23.7 Å². The smallest absolute Gasteiger partial charge is 0.396 e. The van der Waals surface area contributed by atoms with Crippen LogP contribution >= 0.6 is 0 Å². The lowest BCUT2D eigenvalue weighted by Crippen LogP contribution is -2.34. The zero-order valence-electron chi connectivity index (χ0n) is 13.3. The number of rotatable bonds is 7. The van der Waals surface area contributed by atoms with Gasteiger partial charge in [0.25, 0.3) is 0 Å². The molecule has 0 fully saturated rings. The Hall–Kier alpha value is -1.76. The molecular formula is C16H23F3N2O2. The fourth-order valence-electron chi connectivity index (χ4n) is 2.40. The van der Waals surface area contributed by atoms with Gasteiger partial charge < -0.3 is 15.7 Å². The molecule has 4 nitrogen and oxygen atoms in total. The molecule has 23 heavy (non-hydrogen) atoms. The third kappa shape index (κ3) is 6.90. The van der Waals surface area contributed by atoms with Crippen LogP contribution in [0.15, 0.2) is 24.3 Å². The summed E-state index contributed by atoms with van der Waals surface area (Å²) in [7, 11) is 0. The van der Waals surface area contributed by atoms with E-state index in [0.29, 0.717) is 18.9 Å². The first-order chi connectivity index (χ1) is 10.7. The number of halogens is 3. The highest BCUT2D eigenvalue weighted by molar-refractivity contribution is 5.90. The Morgan fingerprint density at radius 3 is 2.48 bits per heavy atom. The molecular weight excluding hydrogens is 309 g/mol. The Morgan fingerprint density at radius 2 is 1.91 bits per heavy atom. The summed E-state index contributed by atoms with van der Waals surface area (Å²) < 4.78 is 38.6. The lowest BCUT2D eigenvalue weighted by atomic mass is 9.94. The van der Waals surface area contributed by atoms with E-state index in [1.165, 1.54) is 18.2 Å². The number of anilines is 1. The Bertz CT molecular complexity index is 504. The molecule has 0 aliphatic heterocycles. The van der Waals surface area contributed by atoms with Crippen molar-refractivity contribution in [2.75, 3.05) is 18.5 Å². The average molecular weight is 332 g/mol. The zero-order chi connectivity index (χ0) is 17.5. The minimum Gasteiger partial charge on any atom is -0.396 e. The number of hydrogen-bond acceptors (Lipinski definition) is 2. The molecule has 1 rings (SSSR count). The van der Waals surface area contributed by atoms with E-state index in [0.717, 1.165) is 12.5 Å². The molecule has 7 heteroatoms. The number of aliphatic hydroxyl groups excluding tert-OH is 1. The molecule has 3 N–H and O–H groups in total. The molecule has 1 aromatic carbocycles. The summed E-state index contributed by atoms with van der Waals surface area (Å²) in [5.74, 6) is 0.492. The van der Waals surface area contributed by atoms with Crippen LogP contribution in [0.5, 0.6) is 0 Å². The predicted molar refractivity (Wildman–Crippen MR) is 83.1 cm³/mol. The molecule has 1 atom stereocenters. The molecule has 0 aliphatic rings. The van der Waals surface area contributed by atoms with Gasteiger partial charge in [-0.2, -0.15) is 13.2 Å². The number of amides is 2. The molecule has 0 saturated heterocycles. The van der Waals surface area contributed by atoms with Gasteiger partial charge in [-0.1, -0.05) is 26.0 Å². The Labute approximate surface area is 134 Å². The second-order valence-corrected chi connectivity index (χ2v) is 5.89. The number of aliphatic hydroxyl groups is 1. The largest absolute Gasteiger partial charge is 0.418 e. The topological polar surface area (TPSA) is 61.4 Å². The zero-order valence-corrected chi connectivity index (χ0v) is 13.3. The van der Waals surface area contributed by atoms with Gasteiger partial charge in [-0.15, -0.1) is 0 Å². The number of alkyl halides is 3. The molecule has 0 aliphatic carbocycles. The molecule has 0 heterocycles. The molecule has 0 spiro atoms. The van der Waals surface area contributed by atoms with Crippen LogP contribution in [0.2, 0.25) is 0 Å². The highest BCUT2D eigenvalue weighted by Gasteiger charge is 2.33. The molecule has 0 bridgehead atoms. The van der Waals surface area contributed by atoms with Crippen LogP contribution in [0, 0.1) is 11.8 Å². The van der Waals surface area contributed by atoms with Crippen molar-refractivity contribution in [2.45, 2.75) is 32.9 Å². The predicted octanol–water partition coefficient (Wildman–Crippen LogP) is 3.87. The number of benzene rings is 1. The van der Waals surface area contributed by atoms with Crippen molar-refractivity contribution >= 4 is 11.7 Å². The van der Waals surface area contributed by atoms with Crippen molar-refractivity contribution in [2.24, 2.45) is 11.8 Å². The Balaban J connectivity index is 2.63. The van der Waals surface area contributed by atoms with Gasteiger partial charge in [0.2, 0.25) is 0 Å². The van der Waals surface area contributed by atoms with E-state index in [-0.39, 0.29) is 18.2 Å². The SMILES string of the molecule is CC(C)CC(CCO)CNC(=O)Nc1ccccc1C(F)(F)F. The number of carbonyl (C=O) groups is 1. The van der Waals surface area contributed by atoms with Crippen LogP contribution in [0.25, 0.3) is 0 Å². The summed E-state index contributed by atoms with van der Waals surface area (Å²) >= 11 is 0. The van der Waals surface area contributed by atoms with Gasteiger partial charge in [0.1, 0.15) is 0 Å². The lowest BCUT2D eigenvalue weighted by molar-refractivity contribution is -0.136. The number of nitrogens with one attached hydrogen (secondary N) is 2.